The van der Waals surface area contributed by atoms with E-state index in [0.717, 1.165) is 0 Å². The molecule has 0 nitrogen and oxygen atoms in total. The highest BCUT2D eigenvalue weighted by Gasteiger charge is 2.00. The van der Waals surface area contributed by atoms with Crippen LogP contribution in [0.2, 0.25) is 12.4 Å². The van der Waals surface area contributed by atoms with Crippen LogP contribution in [-0.4, -0.2) is 14.6 Å². The van der Waals surface area contributed by atoms with Gasteiger partial charge in [-0.25, -0.2) is 0 Å². The van der Waals surface area contributed by atoms with Gasteiger partial charge in [-0.3, -0.25) is 0 Å². The Bertz CT molecular complexity index is 12.0. The fraction of sp³-hybridized carbons (Fsp3) is 1.00. The standard InChI is InChI=1S/C2H6B2/c1-3-2-4-1/h3-4H,1-2H2. The second kappa shape index (κ2) is 0.832. The van der Waals surface area contributed by atoms with Crippen molar-refractivity contribution >= 4 is 14.6 Å². The van der Waals surface area contributed by atoms with Crippen molar-refractivity contribution < 1.29 is 0 Å². The van der Waals surface area contributed by atoms with Crippen LogP contribution in [-0.2, 0) is 0 Å². The first-order valence-corrected chi connectivity index (χ1v) is 2.00. The van der Waals surface area contributed by atoms with Crippen LogP contribution >= 0.6 is 0 Å². The maximum absolute atomic E-state index is 1.50. The summed E-state index contributed by atoms with van der Waals surface area (Å²) in [5, 5.41) is 0. The summed E-state index contributed by atoms with van der Waals surface area (Å²) in [6.45, 7) is 0. The fourth-order valence-electron chi connectivity index (χ4n) is 0.250. The minimum Gasteiger partial charge on any atom is -0.102 e. The van der Waals surface area contributed by atoms with Gasteiger partial charge < -0.3 is 0 Å². The SMILES string of the molecule is B1CBC1. The minimum absolute atomic E-state index is 1.50. The molecule has 0 radical (unpaired) electrons. The van der Waals surface area contributed by atoms with Gasteiger partial charge in [-0.05, 0) is 0 Å². The van der Waals surface area contributed by atoms with Crippen molar-refractivity contribution in [3.8, 4) is 0 Å². The Morgan fingerprint density at radius 2 is 1.25 bits per heavy atom. The second-order valence-corrected chi connectivity index (χ2v) is 1.41. The van der Waals surface area contributed by atoms with Crippen LogP contribution in [0.4, 0.5) is 0 Å². The molecule has 0 spiro atoms. The summed E-state index contributed by atoms with van der Waals surface area (Å²) in [5.41, 5.74) is 0. The van der Waals surface area contributed by atoms with E-state index >= 15 is 0 Å². The van der Waals surface area contributed by atoms with Crippen LogP contribution in [0.5, 0.6) is 0 Å². The lowest BCUT2D eigenvalue weighted by Crippen LogP contribution is -2.10. The highest BCUT2D eigenvalue weighted by atomic mass is 13.5. The van der Waals surface area contributed by atoms with Crippen molar-refractivity contribution in [1.29, 1.82) is 0 Å². The van der Waals surface area contributed by atoms with Crippen LogP contribution in [0.3, 0.4) is 0 Å². The van der Waals surface area contributed by atoms with E-state index in [1.54, 1.807) is 0 Å². The van der Waals surface area contributed by atoms with Crippen molar-refractivity contribution in [2.45, 2.75) is 12.4 Å². The van der Waals surface area contributed by atoms with Crippen molar-refractivity contribution in [3.05, 3.63) is 0 Å². The molecule has 2 heteroatoms. The Morgan fingerprint density at radius 3 is 1.25 bits per heavy atom. The maximum Gasteiger partial charge on any atom is 0.105 e. The molecule has 1 aliphatic heterocycles. The molecule has 0 aliphatic carbocycles. The van der Waals surface area contributed by atoms with E-state index in [1.807, 2.05) is 0 Å². The van der Waals surface area contributed by atoms with Gasteiger partial charge in [0.1, 0.15) is 14.6 Å². The van der Waals surface area contributed by atoms with E-state index in [2.05, 4.69) is 0 Å². The summed E-state index contributed by atoms with van der Waals surface area (Å²) in [7, 11) is 3.00. The Labute approximate surface area is 28.1 Å². The zero-order valence-corrected chi connectivity index (χ0v) is 2.83. The first-order valence-electron chi connectivity index (χ1n) is 2.00. The van der Waals surface area contributed by atoms with Gasteiger partial charge in [-0.2, -0.15) is 0 Å². The number of hydrogen-bond donors (Lipinski definition) is 0. The van der Waals surface area contributed by atoms with Crippen molar-refractivity contribution in [1.82, 2.24) is 0 Å². The third-order valence-electron chi connectivity index (χ3n) is 1.000. The molecule has 0 bridgehead atoms. The van der Waals surface area contributed by atoms with Crippen LogP contribution in [0.15, 0.2) is 0 Å². The van der Waals surface area contributed by atoms with Gasteiger partial charge in [-0.15, -0.1) is 12.4 Å². The zero-order valence-electron chi connectivity index (χ0n) is 2.83. The zero-order chi connectivity index (χ0) is 2.83. The summed E-state index contributed by atoms with van der Waals surface area (Å²) in [6, 6.07) is 0. The Hall–Kier alpha value is 0.130. The molecule has 4 heavy (non-hydrogen) atoms. The highest BCUT2D eigenvalue weighted by Crippen LogP contribution is 1.94. The molecule has 0 aromatic rings. The van der Waals surface area contributed by atoms with E-state index in [0.29, 0.717) is 0 Å². The van der Waals surface area contributed by atoms with Gasteiger partial charge in [0.15, 0.2) is 0 Å². The van der Waals surface area contributed by atoms with Crippen molar-refractivity contribution in [3.63, 3.8) is 0 Å². The smallest absolute Gasteiger partial charge is 0.102 e. The minimum atomic E-state index is 1.50. The van der Waals surface area contributed by atoms with E-state index < -0.39 is 0 Å². The molecule has 0 N–H and O–H groups in total. The van der Waals surface area contributed by atoms with Gasteiger partial charge in [0, 0.05) is 0 Å². The molecule has 0 aromatic heterocycles. The average molecular weight is 51.7 g/mol. The van der Waals surface area contributed by atoms with Gasteiger partial charge in [-0.1, -0.05) is 0 Å². The maximum atomic E-state index is 1.50. The summed E-state index contributed by atoms with van der Waals surface area (Å²) >= 11 is 0. The van der Waals surface area contributed by atoms with Crippen LogP contribution in [0.25, 0.3) is 0 Å². The van der Waals surface area contributed by atoms with Gasteiger partial charge in [0.05, 0.1) is 0 Å². The molecule has 20 valence electrons. The molecule has 0 unspecified atom stereocenters. The summed E-state index contributed by atoms with van der Waals surface area (Å²) < 4.78 is 0. The van der Waals surface area contributed by atoms with Crippen LogP contribution in [0.1, 0.15) is 0 Å². The predicted octanol–water partition coefficient (Wildman–Crippen LogP) is -0.375. The second-order valence-electron chi connectivity index (χ2n) is 1.41. The quantitative estimate of drug-likeness (QED) is 0.329. The van der Waals surface area contributed by atoms with E-state index in [4.69, 9.17) is 0 Å². The first kappa shape index (κ1) is 2.37. The predicted molar refractivity (Wildman–Crippen MR) is 23.9 cm³/mol. The van der Waals surface area contributed by atoms with E-state index in [-0.39, 0.29) is 0 Å². The average Bonchev–Trinajstić information content (AvgIpc) is 0.722. The van der Waals surface area contributed by atoms with Crippen molar-refractivity contribution in [2.24, 2.45) is 0 Å². The fourth-order valence-corrected chi connectivity index (χ4v) is 0.250. The Balaban J connectivity index is 2.00. The Morgan fingerprint density at radius 1 is 1.00 bits per heavy atom. The number of hydrogen-bond acceptors (Lipinski definition) is 0. The lowest BCUT2D eigenvalue weighted by Gasteiger charge is -2.00. The highest BCUT2D eigenvalue weighted by molar-refractivity contribution is 6.74. The molecule has 1 heterocycles. The van der Waals surface area contributed by atoms with Crippen molar-refractivity contribution in [2.75, 3.05) is 0 Å². The van der Waals surface area contributed by atoms with Gasteiger partial charge in [0.25, 0.3) is 0 Å². The largest absolute Gasteiger partial charge is 0.105 e. The number of rotatable bonds is 0. The molecule has 0 atom stereocenters. The third kappa shape index (κ3) is 0.159. The molecular formula is C2H6B2. The van der Waals surface area contributed by atoms with E-state index in [1.165, 1.54) is 27.0 Å². The molecule has 1 saturated heterocycles. The summed E-state index contributed by atoms with van der Waals surface area (Å²) in [4.78, 5) is 0. The third-order valence-corrected chi connectivity index (χ3v) is 1.000. The molecule has 0 saturated carbocycles. The van der Waals surface area contributed by atoms with Gasteiger partial charge in [0.2, 0.25) is 0 Å². The molecule has 1 rings (SSSR count). The van der Waals surface area contributed by atoms with Gasteiger partial charge >= 0.3 is 0 Å². The first-order chi connectivity index (χ1) is 2.00. The molecule has 0 aromatic carbocycles. The summed E-state index contributed by atoms with van der Waals surface area (Å²) in [5.74, 6) is 0. The van der Waals surface area contributed by atoms with E-state index in [9.17, 15) is 0 Å². The molecule has 1 aliphatic rings. The lowest BCUT2D eigenvalue weighted by molar-refractivity contribution is 1.71. The summed E-state index contributed by atoms with van der Waals surface area (Å²) in [6.07, 6.45) is 3.00. The molecule has 1 fully saturated rings. The molecular weight excluding hydrogens is 45.6 g/mol. The van der Waals surface area contributed by atoms with Crippen LogP contribution < -0.4 is 0 Å². The topological polar surface area (TPSA) is 0 Å². The van der Waals surface area contributed by atoms with Crippen LogP contribution in [0, 0.1) is 0 Å². The normalized spacial score (nSPS) is 20.0. The lowest BCUT2D eigenvalue weighted by atomic mass is 9.32. The molecule has 0 amide bonds. The monoisotopic (exact) mass is 52.1 g/mol. The Kier molecular flexibility index (Phi) is 0.494.